The molecule has 0 aliphatic heterocycles. The minimum absolute atomic E-state index is 0.00704. The topological polar surface area (TPSA) is 73.2 Å². The van der Waals surface area contributed by atoms with E-state index in [9.17, 15) is 9.59 Å². The number of rotatable bonds is 7. The van der Waals surface area contributed by atoms with Crippen LogP contribution in [0.4, 0.5) is 0 Å². The molecule has 0 atom stereocenters. The molecule has 0 saturated heterocycles. The number of ether oxygens (including phenoxy) is 1. The molecule has 0 bridgehead atoms. The highest BCUT2D eigenvalue weighted by Gasteiger charge is 2.08. The molecule has 0 unspecified atom stereocenters. The molecule has 1 amide bonds. The van der Waals surface area contributed by atoms with E-state index in [0.29, 0.717) is 24.2 Å². The first-order valence-electron chi connectivity index (χ1n) is 7.41. The molecule has 2 aromatic rings. The van der Waals surface area contributed by atoms with Gasteiger partial charge in [-0.25, -0.2) is 4.98 Å². The Morgan fingerprint density at radius 3 is 2.91 bits per heavy atom. The minimum atomic E-state index is -0.281. The van der Waals surface area contributed by atoms with Crippen LogP contribution < -0.4 is 10.9 Å². The standard InChI is InChI=1S/C16H21N3O3/c1-12(2)22-9-5-8-17-15(20)11-19-14-7-4-3-6-13(14)18-10-16(19)21/h3-4,6-7,10,12H,5,8-9,11H2,1-2H3,(H,17,20). The van der Waals surface area contributed by atoms with Crippen LogP contribution >= 0.6 is 0 Å². The third kappa shape index (κ3) is 4.39. The largest absolute Gasteiger partial charge is 0.379 e. The fourth-order valence-electron chi connectivity index (χ4n) is 2.10. The Balaban J connectivity index is 1.95. The zero-order chi connectivity index (χ0) is 15.9. The number of hydrogen-bond donors (Lipinski definition) is 1. The van der Waals surface area contributed by atoms with Crippen molar-refractivity contribution in [2.24, 2.45) is 0 Å². The summed E-state index contributed by atoms with van der Waals surface area (Å²) in [5.74, 6) is -0.192. The van der Waals surface area contributed by atoms with Gasteiger partial charge in [-0.05, 0) is 32.4 Å². The van der Waals surface area contributed by atoms with E-state index < -0.39 is 0 Å². The van der Waals surface area contributed by atoms with Gasteiger partial charge in [0.1, 0.15) is 6.54 Å². The molecule has 22 heavy (non-hydrogen) atoms. The summed E-state index contributed by atoms with van der Waals surface area (Å²) < 4.78 is 6.84. The summed E-state index contributed by atoms with van der Waals surface area (Å²) in [4.78, 5) is 28.0. The number of nitrogens with zero attached hydrogens (tertiary/aromatic N) is 2. The first-order chi connectivity index (χ1) is 10.6. The lowest BCUT2D eigenvalue weighted by atomic mass is 10.3. The van der Waals surface area contributed by atoms with E-state index in [1.807, 2.05) is 32.0 Å². The maximum atomic E-state index is 12.0. The zero-order valence-electron chi connectivity index (χ0n) is 12.9. The summed E-state index contributed by atoms with van der Waals surface area (Å²) in [6.45, 7) is 5.07. The second-order valence-electron chi connectivity index (χ2n) is 5.29. The van der Waals surface area contributed by atoms with E-state index in [1.54, 1.807) is 6.07 Å². The summed E-state index contributed by atoms with van der Waals surface area (Å²) in [6.07, 6.45) is 2.18. The third-order valence-electron chi connectivity index (χ3n) is 3.15. The van der Waals surface area contributed by atoms with Gasteiger partial charge in [-0.1, -0.05) is 12.1 Å². The van der Waals surface area contributed by atoms with Crippen LogP contribution in [0.5, 0.6) is 0 Å². The molecule has 0 radical (unpaired) electrons. The Morgan fingerprint density at radius 2 is 2.14 bits per heavy atom. The van der Waals surface area contributed by atoms with Crippen LogP contribution in [0.1, 0.15) is 20.3 Å². The van der Waals surface area contributed by atoms with Gasteiger partial charge in [0.25, 0.3) is 5.56 Å². The summed E-state index contributed by atoms with van der Waals surface area (Å²) in [5.41, 5.74) is 1.07. The summed E-state index contributed by atoms with van der Waals surface area (Å²) in [7, 11) is 0. The van der Waals surface area contributed by atoms with Gasteiger partial charge in [0, 0.05) is 13.2 Å². The monoisotopic (exact) mass is 303 g/mol. The molecular formula is C16H21N3O3. The second kappa shape index (κ2) is 7.70. The van der Waals surface area contributed by atoms with Crippen LogP contribution in [0.2, 0.25) is 0 Å². The molecule has 1 heterocycles. The summed E-state index contributed by atoms with van der Waals surface area (Å²) >= 11 is 0. The average Bonchev–Trinajstić information content (AvgIpc) is 2.49. The summed E-state index contributed by atoms with van der Waals surface area (Å²) in [6, 6.07) is 7.26. The van der Waals surface area contributed by atoms with Crippen molar-refractivity contribution in [2.45, 2.75) is 32.9 Å². The molecule has 1 aromatic heterocycles. The van der Waals surface area contributed by atoms with Crippen LogP contribution in [-0.2, 0) is 16.1 Å². The molecular weight excluding hydrogens is 282 g/mol. The lowest BCUT2D eigenvalue weighted by Crippen LogP contribution is -2.33. The SMILES string of the molecule is CC(C)OCCCNC(=O)Cn1c(=O)cnc2ccccc21. The lowest BCUT2D eigenvalue weighted by Gasteiger charge is -2.10. The van der Waals surface area contributed by atoms with E-state index in [0.717, 1.165) is 6.42 Å². The third-order valence-corrected chi connectivity index (χ3v) is 3.15. The highest BCUT2D eigenvalue weighted by Crippen LogP contribution is 2.07. The molecule has 2 rings (SSSR count). The highest BCUT2D eigenvalue weighted by atomic mass is 16.5. The van der Waals surface area contributed by atoms with Gasteiger partial charge >= 0.3 is 0 Å². The fraction of sp³-hybridized carbons (Fsp3) is 0.438. The number of hydrogen-bond acceptors (Lipinski definition) is 4. The molecule has 0 saturated carbocycles. The molecule has 0 fully saturated rings. The minimum Gasteiger partial charge on any atom is -0.379 e. The van der Waals surface area contributed by atoms with Crippen molar-refractivity contribution in [3.63, 3.8) is 0 Å². The van der Waals surface area contributed by atoms with Gasteiger partial charge in [0.15, 0.2) is 0 Å². The van der Waals surface area contributed by atoms with Crippen molar-refractivity contribution in [2.75, 3.05) is 13.2 Å². The predicted octanol–water partition coefficient (Wildman–Crippen LogP) is 1.33. The van der Waals surface area contributed by atoms with Gasteiger partial charge in [0.2, 0.25) is 5.91 Å². The molecule has 6 heteroatoms. The van der Waals surface area contributed by atoms with Crippen molar-refractivity contribution in [3.05, 3.63) is 40.8 Å². The van der Waals surface area contributed by atoms with Crippen LogP contribution in [0.25, 0.3) is 11.0 Å². The molecule has 1 N–H and O–H groups in total. The van der Waals surface area contributed by atoms with Gasteiger partial charge in [-0.2, -0.15) is 0 Å². The molecule has 118 valence electrons. The Kier molecular flexibility index (Phi) is 5.66. The lowest BCUT2D eigenvalue weighted by molar-refractivity contribution is -0.121. The van der Waals surface area contributed by atoms with E-state index in [2.05, 4.69) is 10.3 Å². The second-order valence-corrected chi connectivity index (χ2v) is 5.29. The quantitative estimate of drug-likeness (QED) is 0.783. The summed E-state index contributed by atoms with van der Waals surface area (Å²) in [5, 5.41) is 2.80. The number of fused-ring (bicyclic) bond motifs is 1. The van der Waals surface area contributed by atoms with Crippen LogP contribution in [0.15, 0.2) is 35.3 Å². The Bertz CT molecular complexity index is 694. The number of para-hydroxylation sites is 2. The number of nitrogens with one attached hydrogen (secondary N) is 1. The van der Waals surface area contributed by atoms with Crippen molar-refractivity contribution < 1.29 is 9.53 Å². The highest BCUT2D eigenvalue weighted by molar-refractivity contribution is 5.79. The number of amides is 1. The zero-order valence-corrected chi connectivity index (χ0v) is 12.9. The van der Waals surface area contributed by atoms with Crippen LogP contribution in [0.3, 0.4) is 0 Å². The van der Waals surface area contributed by atoms with Crippen LogP contribution in [-0.4, -0.2) is 34.7 Å². The maximum Gasteiger partial charge on any atom is 0.269 e. The van der Waals surface area contributed by atoms with E-state index in [4.69, 9.17) is 4.74 Å². The smallest absolute Gasteiger partial charge is 0.269 e. The Labute approximate surface area is 129 Å². The average molecular weight is 303 g/mol. The molecule has 0 spiro atoms. The number of carbonyl (C=O) groups is 1. The van der Waals surface area contributed by atoms with Gasteiger partial charge in [0.05, 0.1) is 23.3 Å². The van der Waals surface area contributed by atoms with Crippen molar-refractivity contribution in [1.29, 1.82) is 0 Å². The predicted molar refractivity (Wildman–Crippen MR) is 84.7 cm³/mol. The number of carbonyl (C=O) groups excluding carboxylic acids is 1. The van der Waals surface area contributed by atoms with Crippen molar-refractivity contribution >= 4 is 16.9 Å². The molecule has 0 aliphatic rings. The normalized spacial score (nSPS) is 11.0. The van der Waals surface area contributed by atoms with Crippen molar-refractivity contribution in [3.8, 4) is 0 Å². The first kappa shape index (κ1) is 16.2. The molecule has 0 aliphatic carbocycles. The van der Waals surface area contributed by atoms with Crippen LogP contribution in [0, 0.1) is 0 Å². The van der Waals surface area contributed by atoms with Gasteiger partial charge < -0.3 is 10.1 Å². The van der Waals surface area contributed by atoms with Gasteiger partial charge in [-0.3, -0.25) is 14.2 Å². The number of aromatic nitrogens is 2. The molecule has 6 nitrogen and oxygen atoms in total. The van der Waals surface area contributed by atoms with Crippen molar-refractivity contribution in [1.82, 2.24) is 14.9 Å². The first-order valence-corrected chi connectivity index (χ1v) is 7.41. The Morgan fingerprint density at radius 1 is 1.36 bits per heavy atom. The van der Waals surface area contributed by atoms with E-state index in [-0.39, 0.29) is 24.1 Å². The van der Waals surface area contributed by atoms with E-state index in [1.165, 1.54) is 10.8 Å². The van der Waals surface area contributed by atoms with E-state index >= 15 is 0 Å². The van der Waals surface area contributed by atoms with Gasteiger partial charge in [-0.15, -0.1) is 0 Å². The Hall–Kier alpha value is -2.21. The number of benzene rings is 1. The fourth-order valence-corrected chi connectivity index (χ4v) is 2.10. The molecule has 1 aromatic carbocycles. The maximum absolute atomic E-state index is 12.0.